The van der Waals surface area contributed by atoms with E-state index in [1.165, 1.54) is 6.07 Å². The van der Waals surface area contributed by atoms with Gasteiger partial charge in [-0.2, -0.15) is 0 Å². The molecule has 6 rings (SSSR count). The Kier molecular flexibility index (Phi) is 5.91. The molecule has 2 amide bonds. The number of H-pyrrole nitrogens is 1. The molecular formula is C30H28FN3O3. The molecule has 1 N–H and O–H groups in total. The fourth-order valence-electron chi connectivity index (χ4n) is 5.79. The molecule has 3 heterocycles. The summed E-state index contributed by atoms with van der Waals surface area (Å²) in [7, 11) is 0. The van der Waals surface area contributed by atoms with Crippen LogP contribution in [0.2, 0.25) is 0 Å². The van der Waals surface area contributed by atoms with E-state index in [9.17, 15) is 14.0 Å². The molecule has 0 aliphatic carbocycles. The van der Waals surface area contributed by atoms with E-state index in [0.29, 0.717) is 30.8 Å². The van der Waals surface area contributed by atoms with E-state index >= 15 is 0 Å². The van der Waals surface area contributed by atoms with Crippen LogP contribution in [-0.4, -0.2) is 52.3 Å². The first-order valence-electron chi connectivity index (χ1n) is 12.7. The van der Waals surface area contributed by atoms with Crippen molar-refractivity contribution in [3.05, 3.63) is 101 Å². The minimum atomic E-state index is -0.645. The minimum Gasteiger partial charge on any atom is -0.494 e. The molecule has 0 saturated carbocycles. The van der Waals surface area contributed by atoms with E-state index in [-0.39, 0.29) is 30.7 Å². The Morgan fingerprint density at radius 2 is 1.76 bits per heavy atom. The van der Waals surface area contributed by atoms with Crippen molar-refractivity contribution in [2.75, 3.05) is 19.7 Å². The number of hydrogen-bond acceptors (Lipinski definition) is 3. The van der Waals surface area contributed by atoms with Gasteiger partial charge >= 0.3 is 0 Å². The number of nitrogens with one attached hydrogen (secondary N) is 1. The Balaban J connectivity index is 1.42. The van der Waals surface area contributed by atoms with Crippen LogP contribution >= 0.6 is 0 Å². The highest BCUT2D eigenvalue weighted by molar-refractivity contribution is 5.97. The van der Waals surface area contributed by atoms with Gasteiger partial charge in [-0.05, 0) is 42.7 Å². The Labute approximate surface area is 214 Å². The molecule has 0 spiro atoms. The lowest BCUT2D eigenvalue weighted by Gasteiger charge is -2.47. The maximum atomic E-state index is 14.2. The first kappa shape index (κ1) is 23.3. The second-order valence-electron chi connectivity index (χ2n) is 9.56. The van der Waals surface area contributed by atoms with Crippen LogP contribution in [0.25, 0.3) is 10.9 Å². The highest BCUT2D eigenvalue weighted by Gasteiger charge is 2.48. The highest BCUT2D eigenvalue weighted by Crippen LogP contribution is 2.44. The predicted octanol–water partition coefficient (Wildman–Crippen LogP) is 4.63. The molecule has 3 aromatic carbocycles. The smallest absolute Gasteiger partial charge is 0.246 e. The van der Waals surface area contributed by atoms with E-state index < -0.39 is 12.1 Å². The van der Waals surface area contributed by atoms with Gasteiger partial charge < -0.3 is 19.5 Å². The number of amides is 2. The normalized spacial score (nSPS) is 19.2. The van der Waals surface area contributed by atoms with Crippen LogP contribution in [0, 0.1) is 5.82 Å². The van der Waals surface area contributed by atoms with Crippen molar-refractivity contribution in [1.82, 2.24) is 14.8 Å². The number of fused-ring (bicyclic) bond motifs is 4. The molecule has 188 valence electrons. The standard InChI is InChI=1S/C30H28FN3O3/c1-2-37-26-14-8-5-11-21(26)29-28-22(20-10-4-7-13-24(20)32-28)17-25-30(36)33(18-27(35)34(25)29)16-15-19-9-3-6-12-23(19)31/h3-14,25,29,32H,2,15-18H2,1H3/t25-,29?/m0/s1. The molecule has 1 fully saturated rings. The van der Waals surface area contributed by atoms with Gasteiger partial charge in [0, 0.05) is 35.1 Å². The van der Waals surface area contributed by atoms with Crippen LogP contribution in [0.15, 0.2) is 72.8 Å². The third kappa shape index (κ3) is 3.95. The lowest BCUT2D eigenvalue weighted by Crippen LogP contribution is -2.63. The predicted molar refractivity (Wildman–Crippen MR) is 139 cm³/mol. The van der Waals surface area contributed by atoms with E-state index in [2.05, 4.69) is 11.1 Å². The van der Waals surface area contributed by atoms with Crippen LogP contribution in [0.5, 0.6) is 5.75 Å². The van der Waals surface area contributed by atoms with Crippen LogP contribution in [0.3, 0.4) is 0 Å². The number of hydrogen-bond donors (Lipinski definition) is 1. The fourth-order valence-corrected chi connectivity index (χ4v) is 5.79. The summed E-state index contributed by atoms with van der Waals surface area (Å²) in [4.78, 5) is 34.5. The van der Waals surface area contributed by atoms with Crippen molar-refractivity contribution in [2.45, 2.75) is 31.8 Å². The summed E-state index contributed by atoms with van der Waals surface area (Å²) in [6.45, 7) is 2.67. The number of ether oxygens (including phenoxy) is 1. The van der Waals surface area contributed by atoms with Gasteiger partial charge in [0.05, 0.1) is 13.2 Å². The van der Waals surface area contributed by atoms with E-state index in [1.54, 1.807) is 28.0 Å². The van der Waals surface area contributed by atoms with Crippen LogP contribution < -0.4 is 4.74 Å². The van der Waals surface area contributed by atoms with Crippen molar-refractivity contribution < 1.29 is 18.7 Å². The van der Waals surface area contributed by atoms with Gasteiger partial charge in [0.25, 0.3) is 0 Å². The Morgan fingerprint density at radius 3 is 2.59 bits per heavy atom. The molecule has 4 aromatic rings. The topological polar surface area (TPSA) is 65.6 Å². The number of aromatic nitrogens is 1. The van der Waals surface area contributed by atoms with Crippen molar-refractivity contribution in [3.63, 3.8) is 0 Å². The molecule has 37 heavy (non-hydrogen) atoms. The number of nitrogens with zero attached hydrogens (tertiary/aromatic N) is 2. The van der Waals surface area contributed by atoms with Crippen LogP contribution in [-0.2, 0) is 22.4 Å². The first-order chi connectivity index (χ1) is 18.1. The summed E-state index contributed by atoms with van der Waals surface area (Å²) >= 11 is 0. The number of para-hydroxylation sites is 2. The molecule has 0 bridgehead atoms. The SMILES string of the molecule is CCOc1ccccc1C1c2[nH]c3ccccc3c2C[C@H]2C(=O)N(CCc3ccccc3F)CC(=O)N12. The quantitative estimate of drug-likeness (QED) is 0.422. The zero-order valence-electron chi connectivity index (χ0n) is 20.6. The Hall–Kier alpha value is -4.13. The number of carbonyl (C=O) groups excluding carboxylic acids is 2. The summed E-state index contributed by atoms with van der Waals surface area (Å²) < 4.78 is 20.2. The average Bonchev–Trinajstić information content (AvgIpc) is 3.29. The molecule has 1 saturated heterocycles. The largest absolute Gasteiger partial charge is 0.494 e. The maximum Gasteiger partial charge on any atom is 0.246 e. The Morgan fingerprint density at radius 1 is 1.00 bits per heavy atom. The molecular weight excluding hydrogens is 469 g/mol. The van der Waals surface area contributed by atoms with Crippen LogP contribution in [0.4, 0.5) is 4.39 Å². The maximum absolute atomic E-state index is 14.2. The van der Waals surface area contributed by atoms with Crippen LogP contribution in [0.1, 0.15) is 35.3 Å². The number of rotatable bonds is 6. The molecule has 1 unspecified atom stereocenters. The monoisotopic (exact) mass is 497 g/mol. The van der Waals surface area contributed by atoms with Gasteiger partial charge in [0.15, 0.2) is 0 Å². The molecule has 1 aromatic heterocycles. The number of benzene rings is 3. The zero-order chi connectivity index (χ0) is 25.5. The first-order valence-corrected chi connectivity index (χ1v) is 12.7. The van der Waals surface area contributed by atoms with E-state index in [1.807, 2.05) is 49.4 Å². The van der Waals surface area contributed by atoms with Gasteiger partial charge in [0.1, 0.15) is 23.7 Å². The zero-order valence-corrected chi connectivity index (χ0v) is 20.6. The van der Waals surface area contributed by atoms with E-state index in [4.69, 9.17) is 4.74 Å². The lowest BCUT2D eigenvalue weighted by molar-refractivity contribution is -0.158. The van der Waals surface area contributed by atoms with Crippen molar-refractivity contribution in [3.8, 4) is 5.75 Å². The second-order valence-corrected chi connectivity index (χ2v) is 9.56. The molecule has 6 nitrogen and oxygen atoms in total. The van der Waals surface area contributed by atoms with Crippen molar-refractivity contribution in [1.29, 1.82) is 0 Å². The van der Waals surface area contributed by atoms with E-state index in [0.717, 1.165) is 27.7 Å². The minimum absolute atomic E-state index is 0.0351. The molecule has 2 atom stereocenters. The lowest BCUT2D eigenvalue weighted by atomic mass is 9.86. The number of piperazine rings is 1. The number of halogens is 1. The molecule has 0 radical (unpaired) electrons. The molecule has 2 aliphatic heterocycles. The van der Waals surface area contributed by atoms with Gasteiger partial charge in [-0.3, -0.25) is 9.59 Å². The number of carbonyl (C=O) groups is 2. The molecule has 2 aliphatic rings. The van der Waals surface area contributed by atoms with Gasteiger partial charge in [-0.25, -0.2) is 4.39 Å². The summed E-state index contributed by atoms with van der Waals surface area (Å²) in [6.07, 6.45) is 0.779. The average molecular weight is 498 g/mol. The van der Waals surface area contributed by atoms with Crippen molar-refractivity contribution in [2.24, 2.45) is 0 Å². The van der Waals surface area contributed by atoms with Gasteiger partial charge in [-0.15, -0.1) is 0 Å². The summed E-state index contributed by atoms with van der Waals surface area (Å²) in [5.41, 5.74) is 4.33. The summed E-state index contributed by atoms with van der Waals surface area (Å²) in [5, 5.41) is 1.06. The fraction of sp³-hybridized carbons (Fsp3) is 0.267. The summed E-state index contributed by atoms with van der Waals surface area (Å²) in [6, 6.07) is 21.2. The third-order valence-corrected chi connectivity index (χ3v) is 7.46. The number of aromatic amines is 1. The van der Waals surface area contributed by atoms with Crippen molar-refractivity contribution >= 4 is 22.7 Å². The second kappa shape index (κ2) is 9.39. The third-order valence-electron chi connectivity index (χ3n) is 7.46. The molecule has 7 heteroatoms. The highest BCUT2D eigenvalue weighted by atomic mass is 19.1. The van der Waals surface area contributed by atoms with Gasteiger partial charge in [0.2, 0.25) is 11.8 Å². The summed E-state index contributed by atoms with van der Waals surface area (Å²) in [5.74, 6) is 0.167. The Bertz CT molecular complexity index is 1500. The van der Waals surface area contributed by atoms with Gasteiger partial charge in [-0.1, -0.05) is 54.6 Å².